The van der Waals surface area contributed by atoms with Gasteiger partial charge in [0.2, 0.25) is 0 Å². The summed E-state index contributed by atoms with van der Waals surface area (Å²) >= 11 is 0. The normalized spacial score (nSPS) is 10.9. The molecule has 0 amide bonds. The van der Waals surface area contributed by atoms with Crippen LogP contribution in [0.1, 0.15) is 0 Å². The van der Waals surface area contributed by atoms with Crippen LogP contribution in [0.4, 0.5) is 5.69 Å². The van der Waals surface area contributed by atoms with Gasteiger partial charge in [-0.2, -0.15) is 0 Å². The first-order chi connectivity index (χ1) is 8.66. The first-order valence-corrected chi connectivity index (χ1v) is 5.32. The highest BCUT2D eigenvalue weighted by atomic mass is 16.6. The van der Waals surface area contributed by atoms with Crippen molar-refractivity contribution in [1.82, 2.24) is 4.98 Å². The van der Waals surface area contributed by atoms with Crippen LogP contribution < -0.4 is 0 Å². The van der Waals surface area contributed by atoms with Crippen LogP contribution >= 0.6 is 0 Å². The second-order valence-corrected chi connectivity index (χ2v) is 3.94. The highest BCUT2D eigenvalue weighted by Crippen LogP contribution is 2.32. The van der Waals surface area contributed by atoms with E-state index in [-0.39, 0.29) is 17.0 Å². The molecular formula is C13H8N2O3. The van der Waals surface area contributed by atoms with Crippen molar-refractivity contribution < 1.29 is 10.0 Å². The van der Waals surface area contributed by atoms with E-state index in [1.54, 1.807) is 12.1 Å². The van der Waals surface area contributed by atoms with Crippen LogP contribution in [0.25, 0.3) is 21.8 Å². The molecule has 3 rings (SSSR count). The number of nitrogens with zero attached hydrogens (tertiary/aromatic N) is 2. The standard InChI is InChI=1S/C13H8N2O3/c16-12-6-5-11(15(17)18)13-9(12)7-8-3-1-2-4-10(8)14-13/h1-7,16H. The number of nitro benzene ring substituents is 1. The van der Waals surface area contributed by atoms with Crippen molar-refractivity contribution in [1.29, 1.82) is 0 Å². The van der Waals surface area contributed by atoms with Crippen LogP contribution in [-0.4, -0.2) is 15.0 Å². The first kappa shape index (κ1) is 10.5. The van der Waals surface area contributed by atoms with Crippen molar-refractivity contribution >= 4 is 27.5 Å². The summed E-state index contributed by atoms with van der Waals surface area (Å²) in [7, 11) is 0. The van der Waals surface area contributed by atoms with Crippen molar-refractivity contribution in [3.8, 4) is 5.75 Å². The van der Waals surface area contributed by atoms with Gasteiger partial charge in [0.1, 0.15) is 5.75 Å². The highest BCUT2D eigenvalue weighted by molar-refractivity contribution is 5.99. The van der Waals surface area contributed by atoms with Gasteiger partial charge < -0.3 is 5.11 Å². The molecule has 18 heavy (non-hydrogen) atoms. The zero-order valence-electron chi connectivity index (χ0n) is 9.20. The van der Waals surface area contributed by atoms with Gasteiger partial charge in [0.15, 0.2) is 5.52 Å². The lowest BCUT2D eigenvalue weighted by Crippen LogP contribution is -1.92. The second-order valence-electron chi connectivity index (χ2n) is 3.94. The number of aromatic hydroxyl groups is 1. The summed E-state index contributed by atoms with van der Waals surface area (Å²) in [6.07, 6.45) is 0. The maximum atomic E-state index is 10.9. The van der Waals surface area contributed by atoms with Gasteiger partial charge in [-0.05, 0) is 18.2 Å². The summed E-state index contributed by atoms with van der Waals surface area (Å²) in [5.41, 5.74) is 0.769. The van der Waals surface area contributed by atoms with Gasteiger partial charge in [0.05, 0.1) is 10.4 Å². The topological polar surface area (TPSA) is 76.3 Å². The monoisotopic (exact) mass is 240 g/mol. The Morgan fingerprint density at radius 2 is 1.94 bits per heavy atom. The molecule has 0 unspecified atom stereocenters. The summed E-state index contributed by atoms with van der Waals surface area (Å²) in [5, 5.41) is 21.9. The quantitative estimate of drug-likeness (QED) is 0.403. The molecule has 0 fully saturated rings. The smallest absolute Gasteiger partial charge is 0.295 e. The third-order valence-corrected chi connectivity index (χ3v) is 2.84. The molecule has 0 atom stereocenters. The largest absolute Gasteiger partial charge is 0.507 e. The molecule has 0 saturated heterocycles. The van der Waals surface area contributed by atoms with Gasteiger partial charge in [-0.3, -0.25) is 10.1 Å². The predicted molar refractivity (Wildman–Crippen MR) is 67.6 cm³/mol. The molecule has 1 heterocycles. The lowest BCUT2D eigenvalue weighted by molar-refractivity contribution is -0.383. The van der Waals surface area contributed by atoms with Crippen molar-refractivity contribution in [2.24, 2.45) is 0 Å². The van der Waals surface area contributed by atoms with E-state index in [1.807, 2.05) is 18.2 Å². The van der Waals surface area contributed by atoms with Crippen LogP contribution in [0, 0.1) is 10.1 Å². The van der Waals surface area contributed by atoms with E-state index < -0.39 is 4.92 Å². The van der Waals surface area contributed by atoms with Crippen LogP contribution in [0.3, 0.4) is 0 Å². The Kier molecular flexibility index (Phi) is 2.13. The molecule has 88 valence electrons. The van der Waals surface area contributed by atoms with Crippen molar-refractivity contribution in [2.75, 3.05) is 0 Å². The molecule has 0 radical (unpaired) electrons. The fourth-order valence-corrected chi connectivity index (χ4v) is 1.98. The van der Waals surface area contributed by atoms with Gasteiger partial charge >= 0.3 is 0 Å². The number of pyridine rings is 1. The van der Waals surface area contributed by atoms with Gasteiger partial charge in [0, 0.05) is 16.8 Å². The molecule has 2 aromatic carbocycles. The Bertz CT molecular complexity index is 784. The Morgan fingerprint density at radius 1 is 1.17 bits per heavy atom. The number of phenolic OH excluding ortho intramolecular Hbond substituents is 1. The zero-order chi connectivity index (χ0) is 12.7. The maximum Gasteiger partial charge on any atom is 0.295 e. The van der Waals surface area contributed by atoms with E-state index in [0.29, 0.717) is 10.9 Å². The molecule has 0 aliphatic rings. The van der Waals surface area contributed by atoms with Crippen LogP contribution in [0.15, 0.2) is 42.5 Å². The number of benzene rings is 2. The van der Waals surface area contributed by atoms with E-state index in [0.717, 1.165) is 5.39 Å². The summed E-state index contributed by atoms with van der Waals surface area (Å²) < 4.78 is 0. The predicted octanol–water partition coefficient (Wildman–Crippen LogP) is 3.00. The lowest BCUT2D eigenvalue weighted by atomic mass is 10.1. The molecule has 0 spiro atoms. The van der Waals surface area contributed by atoms with Crippen LogP contribution in [0.5, 0.6) is 5.75 Å². The van der Waals surface area contributed by atoms with E-state index in [2.05, 4.69) is 4.98 Å². The molecule has 1 N–H and O–H groups in total. The average molecular weight is 240 g/mol. The van der Waals surface area contributed by atoms with E-state index >= 15 is 0 Å². The summed E-state index contributed by atoms with van der Waals surface area (Å²) in [5.74, 6) is -0.00569. The number of phenols is 1. The van der Waals surface area contributed by atoms with E-state index in [1.165, 1.54) is 12.1 Å². The lowest BCUT2D eigenvalue weighted by Gasteiger charge is -2.04. The third kappa shape index (κ3) is 1.45. The molecule has 1 aromatic heterocycles. The summed E-state index contributed by atoms with van der Waals surface area (Å²) in [4.78, 5) is 14.7. The van der Waals surface area contributed by atoms with Gasteiger partial charge in [-0.1, -0.05) is 18.2 Å². The van der Waals surface area contributed by atoms with E-state index in [4.69, 9.17) is 0 Å². The SMILES string of the molecule is O=[N+]([O-])c1ccc(O)c2cc3ccccc3nc12. The molecule has 0 aliphatic heterocycles. The van der Waals surface area contributed by atoms with Crippen LogP contribution in [0.2, 0.25) is 0 Å². The minimum atomic E-state index is -0.496. The number of para-hydroxylation sites is 1. The molecule has 0 saturated carbocycles. The van der Waals surface area contributed by atoms with Crippen molar-refractivity contribution in [3.63, 3.8) is 0 Å². The maximum absolute atomic E-state index is 10.9. The molecule has 5 nitrogen and oxygen atoms in total. The van der Waals surface area contributed by atoms with Gasteiger partial charge in [-0.25, -0.2) is 4.98 Å². The minimum Gasteiger partial charge on any atom is -0.507 e. The van der Waals surface area contributed by atoms with Gasteiger partial charge in [-0.15, -0.1) is 0 Å². The number of hydrogen-bond acceptors (Lipinski definition) is 4. The second kappa shape index (κ2) is 3.66. The fraction of sp³-hybridized carbons (Fsp3) is 0. The molecular weight excluding hydrogens is 232 g/mol. The number of nitro groups is 1. The number of non-ortho nitro benzene ring substituents is 1. The third-order valence-electron chi connectivity index (χ3n) is 2.84. The Morgan fingerprint density at radius 3 is 2.72 bits per heavy atom. The number of aromatic nitrogens is 1. The Hall–Kier alpha value is -2.69. The number of hydrogen-bond donors (Lipinski definition) is 1. The molecule has 0 bridgehead atoms. The van der Waals surface area contributed by atoms with Crippen molar-refractivity contribution in [3.05, 3.63) is 52.6 Å². The molecule has 0 aliphatic carbocycles. The first-order valence-electron chi connectivity index (χ1n) is 5.32. The fourth-order valence-electron chi connectivity index (χ4n) is 1.98. The average Bonchev–Trinajstić information content (AvgIpc) is 2.37. The minimum absolute atomic E-state index is 0.00569. The summed E-state index contributed by atoms with van der Waals surface area (Å²) in [6.45, 7) is 0. The molecule has 5 heteroatoms. The molecule has 3 aromatic rings. The number of fused-ring (bicyclic) bond motifs is 2. The van der Waals surface area contributed by atoms with Crippen LogP contribution in [-0.2, 0) is 0 Å². The highest BCUT2D eigenvalue weighted by Gasteiger charge is 2.16. The van der Waals surface area contributed by atoms with Crippen molar-refractivity contribution in [2.45, 2.75) is 0 Å². The van der Waals surface area contributed by atoms with Gasteiger partial charge in [0.25, 0.3) is 5.69 Å². The Labute approximate surface area is 101 Å². The summed E-state index contributed by atoms with van der Waals surface area (Å²) in [6, 6.07) is 11.6. The number of rotatable bonds is 1. The van der Waals surface area contributed by atoms with E-state index in [9.17, 15) is 15.2 Å². The zero-order valence-corrected chi connectivity index (χ0v) is 9.20. The Balaban J connectivity index is 2.52.